The molecule has 154 valence electrons. The third-order valence-electron chi connectivity index (χ3n) is 5.04. The van der Waals surface area contributed by atoms with Crippen LogP contribution in [0.4, 0.5) is 10.5 Å². The second-order valence-corrected chi connectivity index (χ2v) is 9.42. The zero-order valence-corrected chi connectivity index (χ0v) is 18.1. The largest absolute Gasteiger partial charge is 0.333 e. The Balaban J connectivity index is 1.71. The highest BCUT2D eigenvalue weighted by atomic mass is 35.5. The van der Waals surface area contributed by atoms with Crippen molar-refractivity contribution in [2.75, 3.05) is 5.32 Å². The molecule has 0 saturated heterocycles. The second-order valence-electron chi connectivity index (χ2n) is 6.95. The van der Waals surface area contributed by atoms with Crippen LogP contribution in [0, 0.1) is 0 Å². The van der Waals surface area contributed by atoms with E-state index in [4.69, 9.17) is 23.2 Å². The molecular formula is C22H18Cl2N2O3S. The molecule has 0 saturated carbocycles. The number of halogens is 2. The first-order valence-corrected chi connectivity index (χ1v) is 11.6. The Bertz CT molecular complexity index is 1230. The maximum Gasteiger partial charge on any atom is 0.333 e. The number of carbonyl (C=O) groups is 1. The van der Waals surface area contributed by atoms with E-state index in [1.807, 2.05) is 18.2 Å². The van der Waals surface area contributed by atoms with Crippen LogP contribution in [0.25, 0.3) is 11.1 Å². The van der Waals surface area contributed by atoms with Crippen LogP contribution in [0.5, 0.6) is 0 Å². The van der Waals surface area contributed by atoms with Gasteiger partial charge in [-0.2, -0.15) is 0 Å². The molecule has 0 radical (unpaired) electrons. The van der Waals surface area contributed by atoms with Crippen LogP contribution in [0.2, 0.25) is 10.0 Å². The number of carbonyl (C=O) groups excluding carboxylic acids is 1. The number of amides is 2. The molecule has 1 aliphatic carbocycles. The predicted octanol–water partition coefficient (Wildman–Crippen LogP) is 5.66. The Labute approximate surface area is 185 Å². The number of benzene rings is 3. The van der Waals surface area contributed by atoms with Crippen molar-refractivity contribution in [3.05, 3.63) is 81.8 Å². The van der Waals surface area contributed by atoms with E-state index in [1.54, 1.807) is 30.3 Å². The molecule has 0 fully saturated rings. The quantitative estimate of drug-likeness (QED) is 0.527. The molecule has 0 aromatic heterocycles. The maximum absolute atomic E-state index is 12.7. The lowest BCUT2D eigenvalue weighted by Crippen LogP contribution is -2.34. The lowest BCUT2D eigenvalue weighted by Gasteiger charge is -2.18. The summed E-state index contributed by atoms with van der Waals surface area (Å²) >= 11 is 12.6. The first-order valence-electron chi connectivity index (χ1n) is 9.35. The minimum atomic E-state index is -4.00. The van der Waals surface area contributed by atoms with Gasteiger partial charge in [0.15, 0.2) is 0 Å². The highest BCUT2D eigenvalue weighted by molar-refractivity contribution is 7.90. The lowest BCUT2D eigenvalue weighted by molar-refractivity contribution is 0.256. The fourth-order valence-corrected chi connectivity index (χ4v) is 5.00. The third-order valence-corrected chi connectivity index (χ3v) is 7.21. The van der Waals surface area contributed by atoms with Gasteiger partial charge < -0.3 is 5.32 Å². The Morgan fingerprint density at radius 3 is 2.40 bits per heavy atom. The number of hydrogen-bond donors (Lipinski definition) is 2. The van der Waals surface area contributed by atoms with Gasteiger partial charge in [-0.1, -0.05) is 65.7 Å². The molecule has 3 aromatic carbocycles. The van der Waals surface area contributed by atoms with Crippen molar-refractivity contribution in [2.24, 2.45) is 0 Å². The number of anilines is 1. The molecule has 0 aliphatic heterocycles. The van der Waals surface area contributed by atoms with Crippen LogP contribution in [0.1, 0.15) is 17.5 Å². The van der Waals surface area contributed by atoms with Crippen molar-refractivity contribution in [3.8, 4) is 11.1 Å². The highest BCUT2D eigenvalue weighted by Gasteiger charge is 2.24. The lowest BCUT2D eigenvalue weighted by atomic mass is 9.97. The Morgan fingerprint density at radius 2 is 1.63 bits per heavy atom. The van der Waals surface area contributed by atoms with Gasteiger partial charge in [0.2, 0.25) is 0 Å². The van der Waals surface area contributed by atoms with Gasteiger partial charge in [0.1, 0.15) is 0 Å². The molecule has 30 heavy (non-hydrogen) atoms. The van der Waals surface area contributed by atoms with Crippen LogP contribution in [-0.4, -0.2) is 14.4 Å². The molecule has 8 heteroatoms. The summed E-state index contributed by atoms with van der Waals surface area (Å²) in [6.07, 6.45) is 2.64. The fourth-order valence-electron chi connectivity index (χ4n) is 3.67. The Kier molecular flexibility index (Phi) is 5.73. The van der Waals surface area contributed by atoms with Gasteiger partial charge in [-0.25, -0.2) is 17.9 Å². The summed E-state index contributed by atoms with van der Waals surface area (Å²) < 4.78 is 27.1. The number of rotatable bonds is 4. The average Bonchev–Trinajstić information content (AvgIpc) is 3.20. The van der Waals surface area contributed by atoms with Gasteiger partial charge in [-0.3, -0.25) is 0 Å². The predicted molar refractivity (Wildman–Crippen MR) is 120 cm³/mol. The molecule has 0 bridgehead atoms. The first kappa shape index (κ1) is 20.7. The van der Waals surface area contributed by atoms with E-state index >= 15 is 0 Å². The van der Waals surface area contributed by atoms with Crippen LogP contribution < -0.4 is 10.0 Å². The molecule has 0 heterocycles. The van der Waals surface area contributed by atoms with Gasteiger partial charge in [0.05, 0.1) is 20.6 Å². The molecule has 0 unspecified atom stereocenters. The van der Waals surface area contributed by atoms with E-state index in [0.717, 1.165) is 30.4 Å². The van der Waals surface area contributed by atoms with Crippen molar-refractivity contribution < 1.29 is 13.2 Å². The van der Waals surface area contributed by atoms with E-state index in [9.17, 15) is 13.2 Å². The zero-order valence-electron chi connectivity index (χ0n) is 15.8. The van der Waals surface area contributed by atoms with Gasteiger partial charge in [0, 0.05) is 11.1 Å². The fraction of sp³-hybridized carbons (Fsp3) is 0.136. The average molecular weight is 461 g/mol. The molecule has 0 atom stereocenters. The summed E-state index contributed by atoms with van der Waals surface area (Å²) in [5.41, 5.74) is 4.01. The highest BCUT2D eigenvalue weighted by Crippen LogP contribution is 2.41. The van der Waals surface area contributed by atoms with Crippen molar-refractivity contribution >= 4 is 44.9 Å². The zero-order chi connectivity index (χ0) is 21.3. The number of urea groups is 1. The molecule has 5 nitrogen and oxygen atoms in total. The van der Waals surface area contributed by atoms with E-state index in [-0.39, 0.29) is 4.90 Å². The molecule has 0 spiro atoms. The standard InChI is InChI=1S/C22H18Cl2N2O3S/c23-19-11-5-10-17(20(19)24)18-13-12-14-6-4-9-16(14)21(18)25-22(27)26-30(28,29)15-7-2-1-3-8-15/h1-3,5,7-8,10-13H,4,6,9H2,(H2,25,26,27). The normalized spacial score (nSPS) is 13.0. The minimum absolute atomic E-state index is 0.0107. The topological polar surface area (TPSA) is 75.3 Å². The van der Waals surface area contributed by atoms with Crippen molar-refractivity contribution in [3.63, 3.8) is 0 Å². The second kappa shape index (κ2) is 8.30. The number of aryl methyl sites for hydroxylation is 1. The molecule has 2 N–H and O–H groups in total. The van der Waals surface area contributed by atoms with Crippen LogP contribution in [0.3, 0.4) is 0 Å². The molecule has 2 amide bonds. The third kappa shape index (κ3) is 4.03. The van der Waals surface area contributed by atoms with Gasteiger partial charge >= 0.3 is 6.03 Å². The van der Waals surface area contributed by atoms with Crippen molar-refractivity contribution in [2.45, 2.75) is 24.2 Å². The van der Waals surface area contributed by atoms with E-state index < -0.39 is 16.1 Å². The summed E-state index contributed by atoms with van der Waals surface area (Å²) in [5.74, 6) is 0. The summed E-state index contributed by atoms with van der Waals surface area (Å²) in [4.78, 5) is 12.7. The maximum atomic E-state index is 12.7. The Morgan fingerprint density at radius 1 is 0.867 bits per heavy atom. The monoisotopic (exact) mass is 460 g/mol. The number of fused-ring (bicyclic) bond motifs is 1. The molecule has 3 aromatic rings. The van der Waals surface area contributed by atoms with Gasteiger partial charge in [0.25, 0.3) is 10.0 Å². The van der Waals surface area contributed by atoms with Gasteiger partial charge in [-0.15, -0.1) is 0 Å². The van der Waals surface area contributed by atoms with Crippen LogP contribution in [0.15, 0.2) is 65.6 Å². The number of sulfonamides is 1. The minimum Gasteiger partial charge on any atom is -0.306 e. The van der Waals surface area contributed by atoms with Crippen molar-refractivity contribution in [1.82, 2.24) is 4.72 Å². The van der Waals surface area contributed by atoms with Crippen LogP contribution >= 0.6 is 23.2 Å². The SMILES string of the molecule is O=C(Nc1c(-c2cccc(Cl)c2Cl)ccc2c1CCC2)NS(=O)(=O)c1ccccc1. The molecule has 4 rings (SSSR count). The van der Waals surface area contributed by atoms with E-state index in [2.05, 4.69) is 10.0 Å². The van der Waals surface area contributed by atoms with Crippen molar-refractivity contribution in [1.29, 1.82) is 0 Å². The first-order chi connectivity index (χ1) is 14.4. The summed E-state index contributed by atoms with van der Waals surface area (Å²) in [5, 5.41) is 3.52. The summed E-state index contributed by atoms with van der Waals surface area (Å²) in [6.45, 7) is 0. The molecular weight excluding hydrogens is 443 g/mol. The van der Waals surface area contributed by atoms with Crippen LogP contribution in [-0.2, 0) is 22.9 Å². The Hall–Kier alpha value is -2.54. The number of nitrogens with one attached hydrogen (secondary N) is 2. The van der Waals surface area contributed by atoms with E-state index in [0.29, 0.717) is 26.9 Å². The van der Waals surface area contributed by atoms with Gasteiger partial charge in [-0.05, 0) is 48.6 Å². The summed E-state index contributed by atoms with van der Waals surface area (Å²) in [6, 6.07) is 16.1. The van der Waals surface area contributed by atoms with E-state index in [1.165, 1.54) is 12.1 Å². The summed E-state index contributed by atoms with van der Waals surface area (Å²) in [7, 11) is -4.00. The smallest absolute Gasteiger partial charge is 0.306 e. The molecule has 1 aliphatic rings. The number of hydrogen-bond acceptors (Lipinski definition) is 3.